The Kier molecular flexibility index (Phi) is 6.96. The van der Waals surface area contributed by atoms with Gasteiger partial charge in [-0.3, -0.25) is 19.2 Å². The van der Waals surface area contributed by atoms with E-state index in [4.69, 9.17) is 0 Å². The van der Waals surface area contributed by atoms with Gasteiger partial charge in [-0.15, -0.1) is 0 Å². The van der Waals surface area contributed by atoms with Gasteiger partial charge in [-0.25, -0.2) is 0 Å². The summed E-state index contributed by atoms with van der Waals surface area (Å²) in [6.45, 7) is 7.19. The highest BCUT2D eigenvalue weighted by Gasteiger charge is 2.60. The lowest BCUT2D eigenvalue weighted by Gasteiger charge is -2.40. The normalized spacial score (nSPS) is 13.8. The van der Waals surface area contributed by atoms with Gasteiger partial charge in [-0.1, -0.05) is 41.0 Å². The van der Waals surface area contributed by atoms with Gasteiger partial charge in [-0.05, 0) is 24.2 Å². The molecule has 1 atom stereocenters. The molecule has 0 aromatic rings. The van der Waals surface area contributed by atoms with Crippen LogP contribution in [0.1, 0.15) is 47.5 Å². The zero-order chi connectivity index (χ0) is 19.5. The summed E-state index contributed by atoms with van der Waals surface area (Å²) in [5, 5.41) is 38.2. The summed E-state index contributed by atoms with van der Waals surface area (Å²) >= 11 is 0. The van der Waals surface area contributed by atoms with Crippen LogP contribution in [0.15, 0.2) is 0 Å². The van der Waals surface area contributed by atoms with Crippen LogP contribution in [0.3, 0.4) is 0 Å². The molecule has 8 heteroatoms. The van der Waals surface area contributed by atoms with E-state index in [0.717, 1.165) is 0 Å². The van der Waals surface area contributed by atoms with Gasteiger partial charge in [0.15, 0.2) is 10.8 Å². The van der Waals surface area contributed by atoms with Crippen molar-refractivity contribution in [2.45, 2.75) is 47.5 Å². The Bertz CT molecular complexity index is 492. The standard InChI is InChI=1S/C16H26O8/c1-6-10(16(9(4)5,13(21)22)14(23)24)7-15(8(2)3,11(17)18)12(19)20/h8-10H,6-7H2,1-5H3,(H,17,18)(H,19,20)(H,21,22)(H,23,24). The van der Waals surface area contributed by atoms with Crippen molar-refractivity contribution in [3.8, 4) is 0 Å². The van der Waals surface area contributed by atoms with Crippen molar-refractivity contribution in [2.75, 3.05) is 0 Å². The highest BCUT2D eigenvalue weighted by Crippen LogP contribution is 2.47. The minimum atomic E-state index is -2.26. The third-order valence-electron chi connectivity index (χ3n) is 5.07. The average Bonchev–Trinajstić information content (AvgIpc) is 2.40. The molecule has 0 radical (unpaired) electrons. The first-order chi connectivity index (χ1) is 10.8. The van der Waals surface area contributed by atoms with Gasteiger partial charge in [0.1, 0.15) is 0 Å². The molecule has 0 heterocycles. The number of carboxylic acids is 4. The van der Waals surface area contributed by atoms with Gasteiger partial charge < -0.3 is 20.4 Å². The summed E-state index contributed by atoms with van der Waals surface area (Å²) in [4.78, 5) is 47.1. The Hall–Kier alpha value is -2.12. The second kappa shape index (κ2) is 7.63. The van der Waals surface area contributed by atoms with Crippen molar-refractivity contribution in [3.05, 3.63) is 0 Å². The number of rotatable bonds is 10. The average molecular weight is 346 g/mol. The predicted molar refractivity (Wildman–Crippen MR) is 83.5 cm³/mol. The summed E-state index contributed by atoms with van der Waals surface area (Å²) < 4.78 is 0. The minimum absolute atomic E-state index is 0.0197. The van der Waals surface area contributed by atoms with E-state index in [-0.39, 0.29) is 6.42 Å². The van der Waals surface area contributed by atoms with Crippen LogP contribution in [0.2, 0.25) is 0 Å². The number of carboxylic acid groups (broad SMARTS) is 4. The van der Waals surface area contributed by atoms with E-state index in [9.17, 15) is 39.6 Å². The van der Waals surface area contributed by atoms with Crippen LogP contribution in [0, 0.1) is 28.6 Å². The first kappa shape index (κ1) is 21.9. The lowest BCUT2D eigenvalue weighted by Crippen LogP contribution is -2.54. The maximum Gasteiger partial charge on any atom is 0.321 e. The monoisotopic (exact) mass is 346 g/mol. The summed E-state index contributed by atoms with van der Waals surface area (Å²) in [5.74, 6) is -9.26. The van der Waals surface area contributed by atoms with Gasteiger partial charge in [-0.2, -0.15) is 0 Å². The van der Waals surface area contributed by atoms with Gasteiger partial charge in [0.25, 0.3) is 0 Å². The van der Waals surface area contributed by atoms with Crippen LogP contribution in [-0.4, -0.2) is 44.3 Å². The Morgan fingerprint density at radius 2 is 1.12 bits per heavy atom. The molecule has 0 saturated heterocycles. The molecule has 24 heavy (non-hydrogen) atoms. The number of hydrogen-bond donors (Lipinski definition) is 4. The molecule has 0 aliphatic carbocycles. The molecule has 0 spiro atoms. The molecule has 0 amide bonds. The highest BCUT2D eigenvalue weighted by molar-refractivity contribution is 6.01. The molecule has 0 aromatic heterocycles. The summed E-state index contributed by atoms with van der Waals surface area (Å²) in [7, 11) is 0. The molecule has 8 nitrogen and oxygen atoms in total. The SMILES string of the molecule is CCC(CC(C(=O)O)(C(=O)O)C(C)C)C(C(=O)O)(C(=O)O)C(C)C. The van der Waals surface area contributed by atoms with Gasteiger partial charge in [0.05, 0.1) is 0 Å². The molecule has 0 bridgehead atoms. The summed E-state index contributed by atoms with van der Waals surface area (Å²) in [6, 6.07) is 0. The summed E-state index contributed by atoms with van der Waals surface area (Å²) in [5.41, 5.74) is -4.52. The molecule has 0 aliphatic rings. The fourth-order valence-electron chi connectivity index (χ4n) is 3.42. The van der Waals surface area contributed by atoms with Crippen LogP contribution in [-0.2, 0) is 19.2 Å². The van der Waals surface area contributed by atoms with Crippen LogP contribution < -0.4 is 0 Å². The zero-order valence-electron chi connectivity index (χ0n) is 14.6. The van der Waals surface area contributed by atoms with Crippen LogP contribution >= 0.6 is 0 Å². The van der Waals surface area contributed by atoms with Crippen molar-refractivity contribution in [1.29, 1.82) is 0 Å². The molecule has 4 N–H and O–H groups in total. The molecule has 0 aromatic carbocycles. The third-order valence-corrected chi connectivity index (χ3v) is 5.07. The fourth-order valence-corrected chi connectivity index (χ4v) is 3.42. The topological polar surface area (TPSA) is 149 Å². The van der Waals surface area contributed by atoms with E-state index in [1.165, 1.54) is 34.6 Å². The van der Waals surface area contributed by atoms with E-state index in [1.54, 1.807) is 0 Å². The lowest BCUT2D eigenvalue weighted by atomic mass is 9.59. The molecule has 0 saturated carbocycles. The molecule has 1 unspecified atom stereocenters. The van der Waals surface area contributed by atoms with E-state index >= 15 is 0 Å². The minimum Gasteiger partial charge on any atom is -0.480 e. The van der Waals surface area contributed by atoms with Crippen molar-refractivity contribution in [2.24, 2.45) is 28.6 Å². The Balaban J connectivity index is 6.42. The molecule has 0 aliphatic heterocycles. The largest absolute Gasteiger partial charge is 0.480 e. The zero-order valence-corrected chi connectivity index (χ0v) is 14.6. The maximum absolute atomic E-state index is 11.8. The van der Waals surface area contributed by atoms with Crippen LogP contribution in [0.5, 0.6) is 0 Å². The van der Waals surface area contributed by atoms with Gasteiger partial charge >= 0.3 is 23.9 Å². The van der Waals surface area contributed by atoms with E-state index in [1.807, 2.05) is 0 Å². The number of hydrogen-bond acceptors (Lipinski definition) is 4. The molecule has 0 fully saturated rings. The predicted octanol–water partition coefficient (Wildman–Crippen LogP) is 2.03. The number of carbonyl (C=O) groups is 4. The smallest absolute Gasteiger partial charge is 0.321 e. The van der Waals surface area contributed by atoms with Crippen molar-refractivity contribution >= 4 is 23.9 Å². The second-order valence-corrected chi connectivity index (χ2v) is 6.68. The Morgan fingerprint density at radius 1 is 0.750 bits per heavy atom. The maximum atomic E-state index is 11.8. The molecular weight excluding hydrogens is 320 g/mol. The van der Waals surface area contributed by atoms with Crippen LogP contribution in [0.25, 0.3) is 0 Å². The van der Waals surface area contributed by atoms with E-state index in [2.05, 4.69) is 0 Å². The Labute approximate surface area is 140 Å². The quantitative estimate of drug-likeness (QED) is 0.439. The lowest BCUT2D eigenvalue weighted by molar-refractivity contribution is -0.183. The first-order valence-corrected chi connectivity index (χ1v) is 7.76. The van der Waals surface area contributed by atoms with Crippen molar-refractivity contribution in [1.82, 2.24) is 0 Å². The van der Waals surface area contributed by atoms with E-state index < -0.39 is 58.9 Å². The van der Waals surface area contributed by atoms with Crippen molar-refractivity contribution < 1.29 is 39.6 Å². The van der Waals surface area contributed by atoms with Gasteiger partial charge in [0, 0.05) is 0 Å². The fraction of sp³-hybridized carbons (Fsp3) is 0.750. The van der Waals surface area contributed by atoms with Crippen molar-refractivity contribution in [3.63, 3.8) is 0 Å². The second-order valence-electron chi connectivity index (χ2n) is 6.68. The number of aliphatic carboxylic acids is 4. The third kappa shape index (κ3) is 3.22. The molecule has 0 rings (SSSR count). The Morgan fingerprint density at radius 3 is 1.29 bits per heavy atom. The molecule has 138 valence electrons. The summed E-state index contributed by atoms with van der Waals surface area (Å²) in [6.07, 6.45) is -0.561. The first-order valence-electron chi connectivity index (χ1n) is 7.76. The van der Waals surface area contributed by atoms with E-state index in [0.29, 0.717) is 0 Å². The highest BCUT2D eigenvalue weighted by atomic mass is 16.4. The van der Waals surface area contributed by atoms with Crippen LogP contribution in [0.4, 0.5) is 0 Å². The molecular formula is C16H26O8. The van der Waals surface area contributed by atoms with Gasteiger partial charge in [0.2, 0.25) is 0 Å².